The lowest BCUT2D eigenvalue weighted by Crippen LogP contribution is -2.39. The van der Waals surface area contributed by atoms with Crippen molar-refractivity contribution in [3.63, 3.8) is 0 Å². The van der Waals surface area contributed by atoms with Crippen molar-refractivity contribution in [3.8, 4) is 0 Å². The fourth-order valence-corrected chi connectivity index (χ4v) is 2.85. The van der Waals surface area contributed by atoms with Gasteiger partial charge < -0.3 is 10.3 Å². The fourth-order valence-electron chi connectivity index (χ4n) is 2.68. The number of benzene rings is 1. The van der Waals surface area contributed by atoms with Gasteiger partial charge in [-0.3, -0.25) is 4.90 Å². The van der Waals surface area contributed by atoms with Crippen LogP contribution in [0.4, 0.5) is 5.95 Å². The van der Waals surface area contributed by atoms with E-state index in [4.69, 9.17) is 17.3 Å². The number of nitrogens with zero attached hydrogens (tertiary/aromatic N) is 3. The van der Waals surface area contributed by atoms with E-state index in [0.717, 1.165) is 24.1 Å². The van der Waals surface area contributed by atoms with Crippen molar-refractivity contribution in [1.29, 1.82) is 0 Å². The summed E-state index contributed by atoms with van der Waals surface area (Å²) in [5.41, 5.74) is 7.93. The monoisotopic (exact) mass is 294 g/mol. The molecule has 0 saturated heterocycles. The van der Waals surface area contributed by atoms with Crippen LogP contribution in [-0.2, 0) is 6.54 Å². The molecular weight excluding hydrogens is 272 g/mol. The van der Waals surface area contributed by atoms with Crippen LogP contribution in [0, 0.1) is 0 Å². The molecule has 2 rings (SSSR count). The largest absolute Gasteiger partial charge is 0.369 e. The third-order valence-corrected chi connectivity index (χ3v) is 3.88. The van der Waals surface area contributed by atoms with Crippen molar-refractivity contribution in [2.75, 3.05) is 12.3 Å². The lowest BCUT2D eigenvalue weighted by molar-refractivity contribution is 0.169. The maximum absolute atomic E-state index is 6.03. The number of anilines is 1. The number of halogens is 1. The predicted molar refractivity (Wildman–Crippen MR) is 86.1 cm³/mol. The summed E-state index contributed by atoms with van der Waals surface area (Å²) < 4.78 is 2.06. The molecule has 0 aliphatic heterocycles. The van der Waals surface area contributed by atoms with E-state index in [1.54, 1.807) is 0 Å². The molecule has 0 spiro atoms. The zero-order valence-electron chi connectivity index (χ0n) is 12.6. The van der Waals surface area contributed by atoms with Crippen molar-refractivity contribution in [2.45, 2.75) is 46.3 Å². The number of nitrogen functional groups attached to an aromatic ring is 1. The van der Waals surface area contributed by atoms with Crippen LogP contribution in [0.1, 0.15) is 27.7 Å². The van der Waals surface area contributed by atoms with E-state index in [9.17, 15) is 0 Å². The second-order valence-corrected chi connectivity index (χ2v) is 6.12. The molecule has 0 aliphatic rings. The zero-order chi connectivity index (χ0) is 14.9. The second-order valence-electron chi connectivity index (χ2n) is 5.68. The molecule has 5 heteroatoms. The molecule has 1 aromatic heterocycles. The Balaban J connectivity index is 2.23. The van der Waals surface area contributed by atoms with Gasteiger partial charge in [0.15, 0.2) is 0 Å². The number of imidazole rings is 1. The number of rotatable bonds is 5. The number of hydrogen-bond donors (Lipinski definition) is 1. The highest BCUT2D eigenvalue weighted by atomic mass is 35.5. The summed E-state index contributed by atoms with van der Waals surface area (Å²) in [6.07, 6.45) is 0. The number of aromatic nitrogens is 2. The summed E-state index contributed by atoms with van der Waals surface area (Å²) in [5.74, 6) is 0.551. The van der Waals surface area contributed by atoms with Gasteiger partial charge in [-0.1, -0.05) is 11.6 Å². The summed E-state index contributed by atoms with van der Waals surface area (Å²) in [4.78, 5) is 6.82. The van der Waals surface area contributed by atoms with Gasteiger partial charge in [-0.15, -0.1) is 0 Å². The molecule has 0 unspecified atom stereocenters. The van der Waals surface area contributed by atoms with E-state index in [-0.39, 0.29) is 0 Å². The Morgan fingerprint density at radius 1 is 1.25 bits per heavy atom. The highest BCUT2D eigenvalue weighted by molar-refractivity contribution is 6.31. The Labute approximate surface area is 125 Å². The second kappa shape index (κ2) is 6.02. The Kier molecular flexibility index (Phi) is 4.55. The molecule has 110 valence electrons. The van der Waals surface area contributed by atoms with Crippen molar-refractivity contribution < 1.29 is 0 Å². The van der Waals surface area contributed by atoms with Crippen molar-refractivity contribution >= 4 is 28.6 Å². The SMILES string of the molecule is CC(C)N(CCn1c(N)nc2cc(Cl)ccc21)C(C)C. The van der Waals surface area contributed by atoms with Crippen LogP contribution in [0.3, 0.4) is 0 Å². The molecule has 0 aliphatic carbocycles. The van der Waals surface area contributed by atoms with E-state index < -0.39 is 0 Å². The van der Waals surface area contributed by atoms with Gasteiger partial charge in [-0.25, -0.2) is 4.98 Å². The van der Waals surface area contributed by atoms with Crippen LogP contribution in [0.5, 0.6) is 0 Å². The minimum Gasteiger partial charge on any atom is -0.369 e. The summed E-state index contributed by atoms with van der Waals surface area (Å²) >= 11 is 5.99. The van der Waals surface area contributed by atoms with Gasteiger partial charge in [0.05, 0.1) is 11.0 Å². The van der Waals surface area contributed by atoms with E-state index in [0.29, 0.717) is 23.1 Å². The normalized spacial score (nSPS) is 12.2. The van der Waals surface area contributed by atoms with E-state index in [1.807, 2.05) is 18.2 Å². The molecule has 4 nitrogen and oxygen atoms in total. The Morgan fingerprint density at radius 2 is 1.90 bits per heavy atom. The van der Waals surface area contributed by atoms with Crippen molar-refractivity contribution in [2.24, 2.45) is 0 Å². The fraction of sp³-hybridized carbons (Fsp3) is 0.533. The van der Waals surface area contributed by atoms with Gasteiger partial charge in [0.2, 0.25) is 5.95 Å². The van der Waals surface area contributed by atoms with E-state index in [1.165, 1.54) is 0 Å². The van der Waals surface area contributed by atoms with E-state index in [2.05, 4.69) is 42.1 Å². The number of fused-ring (bicyclic) bond motifs is 1. The first kappa shape index (κ1) is 15.1. The van der Waals surface area contributed by atoms with Crippen LogP contribution in [0.25, 0.3) is 11.0 Å². The molecule has 0 bridgehead atoms. The molecule has 0 fully saturated rings. The predicted octanol–water partition coefficient (Wildman–Crippen LogP) is 3.39. The first-order valence-corrected chi connectivity index (χ1v) is 7.45. The summed E-state index contributed by atoms with van der Waals surface area (Å²) in [6, 6.07) is 6.74. The van der Waals surface area contributed by atoms with Crippen LogP contribution in [0.15, 0.2) is 18.2 Å². The molecule has 0 saturated carbocycles. The Hall–Kier alpha value is -1.26. The van der Waals surface area contributed by atoms with Gasteiger partial charge in [-0.2, -0.15) is 0 Å². The minimum atomic E-state index is 0.514. The average Bonchev–Trinajstić information content (AvgIpc) is 2.64. The number of hydrogen-bond acceptors (Lipinski definition) is 3. The Bertz CT molecular complexity index is 581. The van der Waals surface area contributed by atoms with Crippen LogP contribution in [0.2, 0.25) is 5.02 Å². The van der Waals surface area contributed by atoms with Crippen molar-refractivity contribution in [3.05, 3.63) is 23.2 Å². The topological polar surface area (TPSA) is 47.1 Å². The maximum atomic E-state index is 6.03. The molecule has 20 heavy (non-hydrogen) atoms. The number of nitrogens with two attached hydrogens (primary N) is 1. The lowest BCUT2D eigenvalue weighted by atomic mass is 10.2. The highest BCUT2D eigenvalue weighted by Crippen LogP contribution is 2.22. The average molecular weight is 295 g/mol. The lowest BCUT2D eigenvalue weighted by Gasteiger charge is -2.30. The minimum absolute atomic E-state index is 0.514. The first-order chi connectivity index (χ1) is 9.40. The molecule has 1 heterocycles. The molecule has 2 aromatic rings. The quantitative estimate of drug-likeness (QED) is 0.919. The van der Waals surface area contributed by atoms with Crippen LogP contribution >= 0.6 is 11.6 Å². The molecule has 1 aromatic carbocycles. The van der Waals surface area contributed by atoms with Crippen LogP contribution < -0.4 is 5.73 Å². The molecule has 0 atom stereocenters. The van der Waals surface area contributed by atoms with Gasteiger partial charge >= 0.3 is 0 Å². The third kappa shape index (κ3) is 3.07. The van der Waals surface area contributed by atoms with Crippen molar-refractivity contribution in [1.82, 2.24) is 14.5 Å². The first-order valence-electron chi connectivity index (χ1n) is 7.07. The maximum Gasteiger partial charge on any atom is 0.201 e. The highest BCUT2D eigenvalue weighted by Gasteiger charge is 2.15. The Morgan fingerprint density at radius 3 is 2.50 bits per heavy atom. The molecule has 0 radical (unpaired) electrons. The van der Waals surface area contributed by atoms with E-state index >= 15 is 0 Å². The van der Waals surface area contributed by atoms with Crippen LogP contribution in [-0.4, -0.2) is 33.1 Å². The summed E-state index contributed by atoms with van der Waals surface area (Å²) in [7, 11) is 0. The third-order valence-electron chi connectivity index (χ3n) is 3.65. The smallest absolute Gasteiger partial charge is 0.201 e. The summed E-state index contributed by atoms with van der Waals surface area (Å²) in [5, 5.41) is 0.688. The molecular formula is C15H23ClN4. The van der Waals surface area contributed by atoms with Gasteiger partial charge in [0.1, 0.15) is 0 Å². The standard InChI is InChI=1S/C15H23ClN4/c1-10(2)19(11(3)4)7-8-20-14-6-5-12(16)9-13(14)18-15(20)17/h5-6,9-11H,7-8H2,1-4H3,(H2,17,18). The zero-order valence-corrected chi connectivity index (χ0v) is 13.4. The molecule has 0 amide bonds. The van der Waals surface area contributed by atoms with Gasteiger partial charge in [0, 0.05) is 30.2 Å². The molecule has 2 N–H and O–H groups in total. The van der Waals surface area contributed by atoms with Gasteiger partial charge in [0.25, 0.3) is 0 Å². The summed E-state index contributed by atoms with van der Waals surface area (Å²) in [6.45, 7) is 10.7. The van der Waals surface area contributed by atoms with Gasteiger partial charge in [-0.05, 0) is 45.9 Å².